The van der Waals surface area contributed by atoms with Crippen LogP contribution in [-0.4, -0.2) is 20.1 Å². The molecule has 1 amide bonds. The van der Waals surface area contributed by atoms with Crippen LogP contribution < -0.4 is 14.4 Å². The van der Waals surface area contributed by atoms with Crippen LogP contribution in [0.5, 0.6) is 11.5 Å². The number of nitrogens with zero attached hydrogens (tertiary/aromatic N) is 1. The summed E-state index contributed by atoms with van der Waals surface area (Å²) in [6, 6.07) is 26.1. The first-order valence-corrected chi connectivity index (χ1v) is 9.86. The third kappa shape index (κ3) is 3.83. The van der Waals surface area contributed by atoms with Crippen LogP contribution >= 0.6 is 0 Å². The van der Waals surface area contributed by atoms with Crippen LogP contribution in [0.2, 0.25) is 0 Å². The molecule has 0 spiro atoms. The molecule has 0 radical (unpaired) electrons. The van der Waals surface area contributed by atoms with Gasteiger partial charge in [-0.2, -0.15) is 0 Å². The molecule has 0 unspecified atom stereocenters. The summed E-state index contributed by atoms with van der Waals surface area (Å²) in [5.41, 5.74) is 3.28. The lowest BCUT2D eigenvalue weighted by molar-refractivity contribution is -0.130. The minimum Gasteiger partial charge on any atom is -0.497 e. The standard InChI is InChI=1S/C25H25NO3/c1-28-21-13-9-19(10-14-21)24-23(17-8-18-6-4-3-5-7-18)25(27)26(24)20-11-15-22(29-2)16-12-20/h3-7,9-16,23-24H,8,17H2,1-2H3/t23-,24+/m0/s1. The summed E-state index contributed by atoms with van der Waals surface area (Å²) in [4.78, 5) is 15.0. The molecule has 0 aromatic heterocycles. The number of rotatable bonds is 7. The molecule has 0 saturated carbocycles. The van der Waals surface area contributed by atoms with E-state index in [1.54, 1.807) is 14.2 Å². The third-order valence-electron chi connectivity index (χ3n) is 5.61. The quantitative estimate of drug-likeness (QED) is 0.533. The van der Waals surface area contributed by atoms with E-state index in [0.29, 0.717) is 0 Å². The Bertz CT molecular complexity index is 952. The maximum Gasteiger partial charge on any atom is 0.233 e. The van der Waals surface area contributed by atoms with Crippen LogP contribution in [0.15, 0.2) is 78.9 Å². The lowest BCUT2D eigenvalue weighted by Gasteiger charge is -2.47. The Balaban J connectivity index is 1.60. The first-order chi connectivity index (χ1) is 14.2. The number of methoxy groups -OCH3 is 2. The summed E-state index contributed by atoms with van der Waals surface area (Å²) < 4.78 is 10.6. The molecular weight excluding hydrogens is 362 g/mol. The molecule has 148 valence electrons. The largest absolute Gasteiger partial charge is 0.497 e. The Morgan fingerprint density at radius 1 is 0.793 bits per heavy atom. The minimum atomic E-state index is -0.0364. The van der Waals surface area contributed by atoms with E-state index in [1.807, 2.05) is 59.5 Å². The van der Waals surface area contributed by atoms with Crippen molar-refractivity contribution in [3.05, 3.63) is 90.0 Å². The summed E-state index contributed by atoms with van der Waals surface area (Å²) in [6.07, 6.45) is 1.71. The van der Waals surface area contributed by atoms with Gasteiger partial charge in [0, 0.05) is 5.69 Å². The second kappa shape index (κ2) is 8.39. The van der Waals surface area contributed by atoms with Crippen molar-refractivity contribution in [2.45, 2.75) is 18.9 Å². The van der Waals surface area contributed by atoms with E-state index >= 15 is 0 Å². The highest BCUT2D eigenvalue weighted by Crippen LogP contribution is 2.46. The van der Waals surface area contributed by atoms with Gasteiger partial charge in [0.05, 0.1) is 26.2 Å². The zero-order chi connectivity index (χ0) is 20.2. The monoisotopic (exact) mass is 387 g/mol. The predicted molar refractivity (Wildman–Crippen MR) is 114 cm³/mol. The molecule has 3 aromatic rings. The van der Waals surface area contributed by atoms with Gasteiger partial charge in [0.15, 0.2) is 0 Å². The first-order valence-electron chi connectivity index (χ1n) is 9.86. The number of anilines is 1. The van der Waals surface area contributed by atoms with Crippen LogP contribution in [0.1, 0.15) is 23.6 Å². The topological polar surface area (TPSA) is 38.8 Å². The van der Waals surface area contributed by atoms with Crippen molar-refractivity contribution in [3.8, 4) is 11.5 Å². The minimum absolute atomic E-state index is 0.0190. The number of carbonyl (C=O) groups is 1. The van der Waals surface area contributed by atoms with Crippen molar-refractivity contribution in [2.75, 3.05) is 19.1 Å². The van der Waals surface area contributed by atoms with Crippen LogP contribution in [0.25, 0.3) is 0 Å². The van der Waals surface area contributed by atoms with E-state index in [0.717, 1.165) is 35.6 Å². The van der Waals surface area contributed by atoms with Crippen molar-refractivity contribution in [1.29, 1.82) is 0 Å². The fourth-order valence-corrected chi connectivity index (χ4v) is 4.01. The molecule has 1 aliphatic heterocycles. The second-order valence-corrected chi connectivity index (χ2v) is 7.26. The Hall–Kier alpha value is -3.27. The van der Waals surface area contributed by atoms with Crippen molar-refractivity contribution < 1.29 is 14.3 Å². The number of β-lactam (4-membered cyclic amide) rings is 1. The van der Waals surface area contributed by atoms with Gasteiger partial charge in [-0.05, 0) is 60.4 Å². The molecule has 0 N–H and O–H groups in total. The van der Waals surface area contributed by atoms with Gasteiger partial charge < -0.3 is 14.4 Å². The molecule has 1 heterocycles. The average Bonchev–Trinajstić information content (AvgIpc) is 2.78. The second-order valence-electron chi connectivity index (χ2n) is 7.26. The van der Waals surface area contributed by atoms with Gasteiger partial charge in [0.25, 0.3) is 0 Å². The van der Waals surface area contributed by atoms with Crippen molar-refractivity contribution in [1.82, 2.24) is 0 Å². The maximum atomic E-state index is 13.1. The molecule has 1 aliphatic rings. The summed E-state index contributed by atoms with van der Waals surface area (Å²) in [7, 11) is 3.30. The number of benzene rings is 3. The average molecular weight is 387 g/mol. The van der Waals surface area contributed by atoms with E-state index in [2.05, 4.69) is 24.3 Å². The summed E-state index contributed by atoms with van der Waals surface area (Å²) >= 11 is 0. The van der Waals surface area contributed by atoms with Gasteiger partial charge in [-0.1, -0.05) is 42.5 Å². The number of carbonyl (C=O) groups excluding carboxylic acids is 1. The van der Waals surface area contributed by atoms with E-state index < -0.39 is 0 Å². The molecular formula is C25H25NO3. The molecule has 4 heteroatoms. The van der Waals surface area contributed by atoms with E-state index in [1.165, 1.54) is 5.56 Å². The van der Waals surface area contributed by atoms with Gasteiger partial charge in [0.2, 0.25) is 5.91 Å². The maximum absolute atomic E-state index is 13.1. The molecule has 4 nitrogen and oxygen atoms in total. The number of hydrogen-bond acceptors (Lipinski definition) is 3. The molecule has 29 heavy (non-hydrogen) atoms. The highest BCUT2D eigenvalue weighted by molar-refractivity contribution is 6.03. The number of hydrogen-bond donors (Lipinski definition) is 0. The highest BCUT2D eigenvalue weighted by atomic mass is 16.5. The fourth-order valence-electron chi connectivity index (χ4n) is 4.01. The van der Waals surface area contributed by atoms with Crippen LogP contribution in [0, 0.1) is 5.92 Å². The normalized spacial score (nSPS) is 18.3. The van der Waals surface area contributed by atoms with Crippen molar-refractivity contribution in [2.24, 2.45) is 5.92 Å². The Labute approximate surface area is 171 Å². The van der Waals surface area contributed by atoms with Crippen molar-refractivity contribution >= 4 is 11.6 Å². The highest BCUT2D eigenvalue weighted by Gasteiger charge is 2.48. The summed E-state index contributed by atoms with van der Waals surface area (Å²) in [6.45, 7) is 0. The molecule has 0 bridgehead atoms. The zero-order valence-corrected chi connectivity index (χ0v) is 16.7. The van der Waals surface area contributed by atoms with E-state index in [9.17, 15) is 4.79 Å². The Morgan fingerprint density at radius 3 is 1.97 bits per heavy atom. The Morgan fingerprint density at radius 2 is 1.38 bits per heavy atom. The predicted octanol–water partition coefficient (Wildman–Crippen LogP) is 5.04. The zero-order valence-electron chi connectivity index (χ0n) is 16.7. The van der Waals surface area contributed by atoms with Crippen LogP contribution in [0.4, 0.5) is 5.69 Å². The molecule has 1 saturated heterocycles. The summed E-state index contributed by atoms with van der Waals surface area (Å²) in [5.74, 6) is 1.73. The van der Waals surface area contributed by atoms with E-state index in [-0.39, 0.29) is 17.9 Å². The number of amides is 1. The number of aryl methyl sites for hydroxylation is 1. The summed E-state index contributed by atoms with van der Waals surface area (Å²) in [5, 5.41) is 0. The van der Waals surface area contributed by atoms with E-state index in [4.69, 9.17) is 9.47 Å². The number of ether oxygens (including phenoxy) is 2. The SMILES string of the molecule is COc1ccc([C@@H]2[C@H](CCc3ccccc3)C(=O)N2c2ccc(OC)cc2)cc1. The molecule has 3 aromatic carbocycles. The first kappa shape index (κ1) is 19.1. The van der Waals surface area contributed by atoms with Gasteiger partial charge in [-0.3, -0.25) is 4.79 Å². The lowest BCUT2D eigenvalue weighted by atomic mass is 9.78. The van der Waals surface area contributed by atoms with Crippen molar-refractivity contribution in [3.63, 3.8) is 0 Å². The van der Waals surface area contributed by atoms with Crippen LogP contribution in [0.3, 0.4) is 0 Å². The molecule has 2 atom stereocenters. The van der Waals surface area contributed by atoms with Gasteiger partial charge >= 0.3 is 0 Å². The molecule has 0 aliphatic carbocycles. The molecule has 1 fully saturated rings. The van der Waals surface area contributed by atoms with Crippen LogP contribution in [-0.2, 0) is 11.2 Å². The van der Waals surface area contributed by atoms with Gasteiger partial charge in [0.1, 0.15) is 11.5 Å². The third-order valence-corrected chi connectivity index (χ3v) is 5.61. The smallest absolute Gasteiger partial charge is 0.233 e. The van der Waals surface area contributed by atoms with Gasteiger partial charge in [-0.25, -0.2) is 0 Å². The van der Waals surface area contributed by atoms with Gasteiger partial charge in [-0.15, -0.1) is 0 Å². The molecule has 4 rings (SSSR count). The lowest BCUT2D eigenvalue weighted by Crippen LogP contribution is -2.55. The fraction of sp³-hybridized carbons (Fsp3) is 0.240. The Kier molecular flexibility index (Phi) is 5.52.